The van der Waals surface area contributed by atoms with Crippen molar-refractivity contribution in [2.75, 3.05) is 20.3 Å². The zero-order valence-corrected chi connectivity index (χ0v) is 8.03. The second-order valence-corrected chi connectivity index (χ2v) is 3.01. The number of aliphatic hydroxyl groups is 1. The fraction of sp³-hybridized carbons (Fsp3) is 0.400. The quantitative estimate of drug-likeness (QED) is 0.756. The maximum absolute atomic E-state index is 13.0. The summed E-state index contributed by atoms with van der Waals surface area (Å²) in [6.45, 7) is 0.274. The molecule has 0 bridgehead atoms. The van der Waals surface area contributed by atoms with Gasteiger partial charge in [-0.25, -0.2) is 4.39 Å². The summed E-state index contributed by atoms with van der Waals surface area (Å²) in [6, 6.07) is 4.47. The average molecular weight is 199 g/mol. The zero-order chi connectivity index (χ0) is 10.6. The highest BCUT2D eigenvalue weighted by Crippen LogP contribution is 2.22. The molecule has 1 unspecified atom stereocenters. The number of hydrogen-bond donors (Lipinski definition) is 2. The van der Waals surface area contributed by atoms with Gasteiger partial charge in [0.1, 0.15) is 0 Å². The van der Waals surface area contributed by atoms with E-state index in [1.165, 1.54) is 13.2 Å². The summed E-state index contributed by atoms with van der Waals surface area (Å²) in [7, 11) is 1.40. The molecular formula is C10H14FNO2. The Hall–Kier alpha value is -1.13. The third kappa shape index (κ3) is 2.21. The minimum atomic E-state index is -0.412. The monoisotopic (exact) mass is 199 g/mol. The third-order valence-corrected chi connectivity index (χ3v) is 2.15. The molecule has 4 heteroatoms. The molecule has 0 amide bonds. The number of benzene rings is 1. The molecule has 0 radical (unpaired) electrons. The van der Waals surface area contributed by atoms with Crippen LogP contribution in [0.1, 0.15) is 11.5 Å². The highest BCUT2D eigenvalue weighted by atomic mass is 19.1. The summed E-state index contributed by atoms with van der Waals surface area (Å²) in [5, 5.41) is 9.00. The highest BCUT2D eigenvalue weighted by Gasteiger charge is 2.11. The maximum atomic E-state index is 13.0. The second kappa shape index (κ2) is 4.93. The van der Waals surface area contributed by atoms with E-state index >= 15 is 0 Å². The Morgan fingerprint density at radius 3 is 2.79 bits per heavy atom. The predicted octanol–water partition coefficient (Wildman–Crippen LogP) is 0.869. The van der Waals surface area contributed by atoms with Gasteiger partial charge in [-0.3, -0.25) is 0 Å². The van der Waals surface area contributed by atoms with Crippen LogP contribution < -0.4 is 10.5 Å². The lowest BCUT2D eigenvalue weighted by Gasteiger charge is -2.13. The van der Waals surface area contributed by atoms with Gasteiger partial charge in [0.05, 0.1) is 13.7 Å². The van der Waals surface area contributed by atoms with Gasteiger partial charge < -0.3 is 15.6 Å². The van der Waals surface area contributed by atoms with Gasteiger partial charge in [-0.15, -0.1) is 0 Å². The first-order chi connectivity index (χ1) is 6.72. The first-order valence-corrected chi connectivity index (χ1v) is 4.37. The molecule has 1 rings (SSSR count). The van der Waals surface area contributed by atoms with Gasteiger partial charge in [0, 0.05) is 12.5 Å². The molecule has 0 aliphatic carbocycles. The average Bonchev–Trinajstić information content (AvgIpc) is 2.22. The van der Waals surface area contributed by atoms with Gasteiger partial charge >= 0.3 is 0 Å². The molecule has 0 saturated heterocycles. The van der Waals surface area contributed by atoms with Crippen LogP contribution in [-0.4, -0.2) is 25.4 Å². The van der Waals surface area contributed by atoms with E-state index in [0.29, 0.717) is 6.54 Å². The van der Waals surface area contributed by atoms with Crippen molar-refractivity contribution >= 4 is 0 Å². The number of halogens is 1. The van der Waals surface area contributed by atoms with Gasteiger partial charge in [0.15, 0.2) is 11.6 Å². The molecule has 0 heterocycles. The second-order valence-electron chi connectivity index (χ2n) is 3.01. The summed E-state index contributed by atoms with van der Waals surface area (Å²) in [5.74, 6) is -0.399. The molecule has 3 N–H and O–H groups in total. The van der Waals surface area contributed by atoms with Crippen LogP contribution in [0.5, 0.6) is 5.75 Å². The first-order valence-electron chi connectivity index (χ1n) is 4.37. The predicted molar refractivity (Wildman–Crippen MR) is 51.8 cm³/mol. The summed E-state index contributed by atoms with van der Waals surface area (Å²) in [4.78, 5) is 0. The maximum Gasteiger partial charge on any atom is 0.165 e. The third-order valence-electron chi connectivity index (χ3n) is 2.15. The van der Waals surface area contributed by atoms with Crippen LogP contribution in [0.15, 0.2) is 18.2 Å². The first kappa shape index (κ1) is 10.9. The van der Waals surface area contributed by atoms with Crippen LogP contribution in [0.25, 0.3) is 0 Å². The van der Waals surface area contributed by atoms with E-state index in [0.717, 1.165) is 5.56 Å². The molecule has 14 heavy (non-hydrogen) atoms. The number of hydrogen-bond acceptors (Lipinski definition) is 3. The fourth-order valence-corrected chi connectivity index (χ4v) is 1.25. The molecule has 0 aliphatic heterocycles. The number of nitrogens with two attached hydrogens (primary N) is 1. The lowest BCUT2D eigenvalue weighted by Crippen LogP contribution is -2.16. The number of ether oxygens (including phenoxy) is 1. The molecule has 0 aliphatic rings. The largest absolute Gasteiger partial charge is 0.494 e. The zero-order valence-electron chi connectivity index (χ0n) is 8.03. The SMILES string of the molecule is COc1cc(C(CN)CO)ccc1F. The highest BCUT2D eigenvalue weighted by molar-refractivity contribution is 5.32. The van der Waals surface area contributed by atoms with Crippen molar-refractivity contribution in [3.8, 4) is 5.75 Å². The Morgan fingerprint density at radius 2 is 2.29 bits per heavy atom. The van der Waals surface area contributed by atoms with E-state index in [-0.39, 0.29) is 18.3 Å². The van der Waals surface area contributed by atoms with Crippen LogP contribution in [0.2, 0.25) is 0 Å². The van der Waals surface area contributed by atoms with E-state index in [4.69, 9.17) is 15.6 Å². The summed E-state index contributed by atoms with van der Waals surface area (Å²) in [5.41, 5.74) is 6.24. The topological polar surface area (TPSA) is 55.5 Å². The van der Waals surface area contributed by atoms with Crippen molar-refractivity contribution in [3.63, 3.8) is 0 Å². The van der Waals surface area contributed by atoms with Crippen LogP contribution in [0.3, 0.4) is 0 Å². The van der Waals surface area contributed by atoms with Crippen LogP contribution in [0.4, 0.5) is 4.39 Å². The molecule has 1 aromatic rings. The molecule has 0 saturated carbocycles. The molecular weight excluding hydrogens is 185 g/mol. The summed E-state index contributed by atoms with van der Waals surface area (Å²) in [6.07, 6.45) is 0. The molecule has 1 aromatic carbocycles. The Labute approximate surface area is 82.3 Å². The smallest absolute Gasteiger partial charge is 0.165 e. The molecule has 0 aromatic heterocycles. The Kier molecular flexibility index (Phi) is 3.85. The number of rotatable bonds is 4. The molecule has 0 fully saturated rings. The molecule has 78 valence electrons. The van der Waals surface area contributed by atoms with Crippen LogP contribution in [-0.2, 0) is 0 Å². The summed E-state index contributed by atoms with van der Waals surface area (Å²) < 4.78 is 17.8. The Morgan fingerprint density at radius 1 is 1.57 bits per heavy atom. The van der Waals surface area contributed by atoms with Crippen LogP contribution >= 0.6 is 0 Å². The van der Waals surface area contributed by atoms with E-state index in [9.17, 15) is 4.39 Å². The van der Waals surface area contributed by atoms with Gasteiger partial charge in [0.2, 0.25) is 0 Å². The van der Waals surface area contributed by atoms with Crippen molar-refractivity contribution in [3.05, 3.63) is 29.6 Å². The molecule has 3 nitrogen and oxygen atoms in total. The Balaban J connectivity index is 2.98. The fourth-order valence-electron chi connectivity index (χ4n) is 1.25. The number of methoxy groups -OCH3 is 1. The van der Waals surface area contributed by atoms with E-state index in [1.807, 2.05) is 0 Å². The standard InChI is InChI=1S/C10H14FNO2/c1-14-10-4-7(2-3-9(10)11)8(5-12)6-13/h2-4,8,13H,5-6,12H2,1H3. The summed E-state index contributed by atoms with van der Waals surface area (Å²) >= 11 is 0. The van der Waals surface area contributed by atoms with Crippen molar-refractivity contribution in [2.45, 2.75) is 5.92 Å². The van der Waals surface area contributed by atoms with Gasteiger partial charge in [-0.1, -0.05) is 6.07 Å². The van der Waals surface area contributed by atoms with E-state index in [1.54, 1.807) is 12.1 Å². The van der Waals surface area contributed by atoms with Crippen molar-refractivity contribution in [2.24, 2.45) is 5.73 Å². The van der Waals surface area contributed by atoms with Gasteiger partial charge in [-0.2, -0.15) is 0 Å². The Bertz CT molecular complexity index is 300. The van der Waals surface area contributed by atoms with Crippen molar-refractivity contribution in [1.82, 2.24) is 0 Å². The van der Waals surface area contributed by atoms with Crippen molar-refractivity contribution < 1.29 is 14.2 Å². The van der Waals surface area contributed by atoms with E-state index in [2.05, 4.69) is 0 Å². The van der Waals surface area contributed by atoms with Crippen LogP contribution in [0, 0.1) is 5.82 Å². The van der Waals surface area contributed by atoms with Gasteiger partial charge in [0.25, 0.3) is 0 Å². The van der Waals surface area contributed by atoms with Crippen molar-refractivity contribution in [1.29, 1.82) is 0 Å². The molecule has 1 atom stereocenters. The normalized spacial score (nSPS) is 12.6. The minimum Gasteiger partial charge on any atom is -0.494 e. The lowest BCUT2D eigenvalue weighted by atomic mass is 10.00. The van der Waals surface area contributed by atoms with E-state index < -0.39 is 5.82 Å². The van der Waals surface area contributed by atoms with Gasteiger partial charge in [-0.05, 0) is 17.7 Å². The molecule has 0 spiro atoms. The number of aliphatic hydroxyl groups excluding tert-OH is 1. The lowest BCUT2D eigenvalue weighted by molar-refractivity contribution is 0.267. The minimum absolute atomic E-state index is 0.0503.